The Labute approximate surface area is 127 Å². The maximum Gasteiger partial charge on any atom is 0.665 e. The van der Waals surface area contributed by atoms with Crippen molar-refractivity contribution in [2.24, 2.45) is 0 Å². The van der Waals surface area contributed by atoms with Gasteiger partial charge in [0.1, 0.15) is 25.5 Å². The van der Waals surface area contributed by atoms with E-state index in [1.807, 2.05) is 0 Å². The largest absolute Gasteiger partial charge is 0.665 e. The monoisotopic (exact) mass is 386 g/mol. The zero-order chi connectivity index (χ0) is 15.5. The lowest BCUT2D eigenvalue weighted by Crippen LogP contribution is -2.50. The summed E-state index contributed by atoms with van der Waals surface area (Å²) in [5, 5.41) is 0.291. The molecular weight excluding hydrogens is 373 g/mol. The van der Waals surface area contributed by atoms with Gasteiger partial charge < -0.3 is 4.74 Å². The number of aromatic nitrogens is 2. The summed E-state index contributed by atoms with van der Waals surface area (Å²) in [6.45, 7) is -0.0667. The first kappa shape index (κ1) is 16.7. The molecule has 0 aromatic carbocycles. The molecule has 4 N–H and O–H groups in total. The SMILES string of the molecule is [NH3+]O[P+]1([O])OCC(O[C@H](CBr)n2ccc(=O)[nH]c2=O)CO1. The fourth-order valence-corrected chi connectivity index (χ4v) is 3.03. The van der Waals surface area contributed by atoms with E-state index in [0.717, 1.165) is 0 Å². The molecule has 0 aliphatic carbocycles. The molecule has 2 rings (SSSR count). The van der Waals surface area contributed by atoms with Crippen LogP contribution in [0.25, 0.3) is 0 Å². The number of nitrogens with zero attached hydrogens (tertiary/aromatic N) is 1. The number of hydrogen-bond donors (Lipinski definition) is 2. The van der Waals surface area contributed by atoms with Crippen LogP contribution in [-0.4, -0.2) is 34.2 Å². The zero-order valence-electron chi connectivity index (χ0n) is 10.8. The van der Waals surface area contributed by atoms with Crippen LogP contribution in [0.2, 0.25) is 0 Å². The van der Waals surface area contributed by atoms with Gasteiger partial charge in [-0.1, -0.05) is 15.9 Å². The average molecular weight is 387 g/mol. The highest BCUT2D eigenvalue weighted by Crippen LogP contribution is 2.59. The van der Waals surface area contributed by atoms with Gasteiger partial charge in [0.05, 0.1) is 4.89 Å². The lowest BCUT2D eigenvalue weighted by Gasteiger charge is -2.26. The summed E-state index contributed by atoms with van der Waals surface area (Å²) in [4.78, 5) is 36.4. The Kier molecular flexibility index (Phi) is 5.63. The van der Waals surface area contributed by atoms with Crippen molar-refractivity contribution in [2.75, 3.05) is 18.5 Å². The minimum Gasteiger partial charge on any atom is -0.349 e. The standard InChI is InChI=1S/C9H13BrN3O7P/c10-3-8(13-2-1-7(14)12-9(13)15)19-6-4-17-21(16,20-11)18-5-6/h1-2,6,8H,3-5H2,11H3/q+1/p+1/t6?,8-,21?/m1/s1. The molecule has 1 radical (unpaired) electrons. The predicted octanol–water partition coefficient (Wildman–Crippen LogP) is -0.856. The second-order valence-electron chi connectivity index (χ2n) is 4.05. The van der Waals surface area contributed by atoms with Crippen LogP contribution >= 0.6 is 24.1 Å². The first-order chi connectivity index (χ1) is 9.97. The Balaban J connectivity index is 2.04. The number of quaternary nitrogens is 1. The Morgan fingerprint density at radius 3 is 2.71 bits per heavy atom. The molecule has 0 amide bonds. The molecule has 12 heteroatoms. The third kappa shape index (κ3) is 4.18. The highest BCUT2D eigenvalue weighted by Gasteiger charge is 2.55. The van der Waals surface area contributed by atoms with E-state index < -0.39 is 31.8 Å². The summed E-state index contributed by atoms with van der Waals surface area (Å²) in [5.74, 6) is 3.01. The minimum atomic E-state index is -3.59. The average Bonchev–Trinajstić information content (AvgIpc) is 2.47. The van der Waals surface area contributed by atoms with Crippen LogP contribution in [-0.2, 0) is 23.3 Å². The quantitative estimate of drug-likeness (QED) is 0.383. The molecule has 1 atom stereocenters. The number of hydrogen-bond acceptors (Lipinski definition) is 6. The van der Waals surface area contributed by atoms with Crippen LogP contribution in [0.1, 0.15) is 6.23 Å². The van der Waals surface area contributed by atoms with Gasteiger partial charge in [-0.15, -0.1) is 9.05 Å². The van der Waals surface area contributed by atoms with Gasteiger partial charge in [-0.25, -0.2) is 4.79 Å². The lowest BCUT2D eigenvalue weighted by atomic mass is 10.4. The third-order valence-corrected chi connectivity index (χ3v) is 4.44. The molecule has 0 spiro atoms. The van der Waals surface area contributed by atoms with E-state index in [2.05, 4.69) is 31.4 Å². The molecule has 10 nitrogen and oxygen atoms in total. The molecule has 1 fully saturated rings. The van der Waals surface area contributed by atoms with Crippen molar-refractivity contribution in [3.05, 3.63) is 33.1 Å². The van der Waals surface area contributed by atoms with E-state index in [0.29, 0.717) is 5.33 Å². The molecule has 1 saturated heterocycles. The van der Waals surface area contributed by atoms with Crippen LogP contribution in [0.5, 0.6) is 0 Å². The number of H-pyrrole nitrogens is 1. The van der Waals surface area contributed by atoms with Gasteiger partial charge in [-0.2, -0.15) is 5.90 Å². The fourth-order valence-electron chi connectivity index (χ4n) is 1.64. The van der Waals surface area contributed by atoms with Crippen molar-refractivity contribution in [3.8, 4) is 0 Å². The highest BCUT2D eigenvalue weighted by atomic mass is 79.9. The molecule has 117 valence electrons. The number of alkyl halides is 1. The Hall–Kier alpha value is -0.650. The topological polar surface area (TPSA) is 139 Å². The normalized spacial score (nSPS) is 27.5. The minimum absolute atomic E-state index is 0.0333. The maximum atomic E-state index is 11.7. The second kappa shape index (κ2) is 7.07. The zero-order valence-corrected chi connectivity index (χ0v) is 13.2. The summed E-state index contributed by atoms with van der Waals surface area (Å²) >= 11 is 3.22. The number of rotatable bonds is 5. The van der Waals surface area contributed by atoms with Crippen LogP contribution in [0.15, 0.2) is 21.9 Å². The van der Waals surface area contributed by atoms with Crippen LogP contribution in [0, 0.1) is 0 Å². The van der Waals surface area contributed by atoms with Crippen molar-refractivity contribution in [3.63, 3.8) is 0 Å². The summed E-state index contributed by atoms with van der Waals surface area (Å²) in [6, 6.07) is 1.21. The third-order valence-electron chi connectivity index (χ3n) is 2.64. The molecule has 0 saturated carbocycles. The van der Waals surface area contributed by atoms with Gasteiger partial charge in [-0.3, -0.25) is 14.3 Å². The Bertz CT molecular complexity index is 585. The molecule has 1 aliphatic rings. The number of ether oxygens (including phenoxy) is 1. The van der Waals surface area contributed by atoms with Crippen LogP contribution < -0.4 is 17.1 Å². The summed E-state index contributed by atoms with van der Waals surface area (Å²) in [5.41, 5.74) is -1.10. The van der Waals surface area contributed by atoms with E-state index in [4.69, 9.17) is 13.8 Å². The van der Waals surface area contributed by atoms with Crippen molar-refractivity contribution in [1.29, 1.82) is 0 Å². The summed E-state index contributed by atoms with van der Waals surface area (Å²) in [6.07, 6.45) is 0.0787. The van der Waals surface area contributed by atoms with Crippen LogP contribution in [0.4, 0.5) is 0 Å². The first-order valence-corrected chi connectivity index (χ1v) is 8.41. The molecule has 1 aliphatic heterocycles. The number of halogens is 1. The van der Waals surface area contributed by atoms with Gasteiger partial charge in [0.25, 0.3) is 5.56 Å². The van der Waals surface area contributed by atoms with Gasteiger partial charge in [0.2, 0.25) is 0 Å². The molecule has 0 bridgehead atoms. The van der Waals surface area contributed by atoms with Crippen molar-refractivity contribution in [2.45, 2.75) is 12.3 Å². The lowest BCUT2D eigenvalue weighted by molar-refractivity contribution is -0.647. The van der Waals surface area contributed by atoms with Gasteiger partial charge in [0.15, 0.2) is 0 Å². The highest BCUT2D eigenvalue weighted by molar-refractivity contribution is 9.09. The van der Waals surface area contributed by atoms with E-state index in [-0.39, 0.29) is 13.2 Å². The van der Waals surface area contributed by atoms with Crippen molar-refractivity contribution >= 4 is 24.1 Å². The van der Waals surface area contributed by atoms with Gasteiger partial charge in [0, 0.05) is 22.2 Å². The Morgan fingerprint density at radius 1 is 1.52 bits per heavy atom. The second-order valence-corrected chi connectivity index (χ2v) is 6.37. The van der Waals surface area contributed by atoms with Gasteiger partial charge in [-0.05, 0) is 0 Å². The molecular formula is C9H14BrN3O7P+2. The summed E-state index contributed by atoms with van der Waals surface area (Å²) < 4.78 is 21.1. The van der Waals surface area contributed by atoms with Crippen LogP contribution in [0.3, 0.4) is 0 Å². The smallest absolute Gasteiger partial charge is 0.349 e. The summed E-state index contributed by atoms with van der Waals surface area (Å²) in [7, 11) is -3.59. The van der Waals surface area contributed by atoms with E-state index in [1.54, 1.807) is 0 Å². The molecule has 1 aromatic heterocycles. The first-order valence-electron chi connectivity index (χ1n) is 5.83. The molecule has 0 unspecified atom stereocenters. The number of aromatic amines is 1. The molecule has 1 aromatic rings. The van der Waals surface area contributed by atoms with E-state index in [9.17, 15) is 14.5 Å². The molecule has 21 heavy (non-hydrogen) atoms. The van der Waals surface area contributed by atoms with Crippen molar-refractivity contribution < 1.29 is 29.2 Å². The van der Waals surface area contributed by atoms with Gasteiger partial charge >= 0.3 is 13.9 Å². The molecule has 2 heterocycles. The van der Waals surface area contributed by atoms with Crippen molar-refractivity contribution in [1.82, 2.24) is 9.55 Å². The maximum absolute atomic E-state index is 11.7. The fraction of sp³-hybridized carbons (Fsp3) is 0.556. The van der Waals surface area contributed by atoms with E-state index >= 15 is 0 Å². The Morgan fingerprint density at radius 2 is 2.19 bits per heavy atom. The number of nitrogens with one attached hydrogen (secondary N) is 1. The predicted molar refractivity (Wildman–Crippen MR) is 72.5 cm³/mol. The van der Waals surface area contributed by atoms with E-state index in [1.165, 1.54) is 16.8 Å².